The Hall–Kier alpha value is -0.630. The molecular formula is C10H11BrO. The summed E-state index contributed by atoms with van der Waals surface area (Å²) in [5.74, 6) is 0.138. The van der Waals surface area contributed by atoms with E-state index in [0.29, 0.717) is 0 Å². The van der Waals surface area contributed by atoms with Gasteiger partial charge >= 0.3 is 0 Å². The Labute approximate surface area is 80.9 Å². The second-order valence-electron chi connectivity index (χ2n) is 2.88. The summed E-state index contributed by atoms with van der Waals surface area (Å²) in [6, 6.07) is 7.95. The number of carbonyl (C=O) groups excluding carboxylic acids is 1. The highest BCUT2D eigenvalue weighted by molar-refractivity contribution is 9.09. The molecule has 0 radical (unpaired) electrons. The number of rotatable bonds is 2. The zero-order chi connectivity index (χ0) is 9.14. The third kappa shape index (κ3) is 2.18. The van der Waals surface area contributed by atoms with Crippen LogP contribution in [-0.4, -0.2) is 5.78 Å². The second-order valence-corrected chi connectivity index (χ2v) is 3.80. The second kappa shape index (κ2) is 3.85. The summed E-state index contributed by atoms with van der Waals surface area (Å²) >= 11 is 3.33. The maximum absolute atomic E-state index is 11.0. The van der Waals surface area contributed by atoms with Crippen LogP contribution in [0.3, 0.4) is 0 Å². The lowest BCUT2D eigenvalue weighted by Crippen LogP contribution is -2.00. The summed E-state index contributed by atoms with van der Waals surface area (Å²) in [6.45, 7) is 3.61. The van der Waals surface area contributed by atoms with E-state index in [1.54, 1.807) is 6.92 Å². The zero-order valence-electron chi connectivity index (χ0n) is 7.17. The van der Waals surface area contributed by atoms with Gasteiger partial charge in [-0.2, -0.15) is 0 Å². The minimum atomic E-state index is -0.155. The summed E-state index contributed by atoms with van der Waals surface area (Å²) in [5, 5.41) is 0. The van der Waals surface area contributed by atoms with Gasteiger partial charge in [0.1, 0.15) is 5.78 Å². The van der Waals surface area contributed by atoms with E-state index in [-0.39, 0.29) is 10.6 Å². The van der Waals surface area contributed by atoms with Gasteiger partial charge in [-0.05, 0) is 19.4 Å². The van der Waals surface area contributed by atoms with Gasteiger partial charge in [-0.3, -0.25) is 4.79 Å². The molecule has 1 aromatic carbocycles. The molecular weight excluding hydrogens is 216 g/mol. The van der Waals surface area contributed by atoms with Gasteiger partial charge in [0.25, 0.3) is 0 Å². The Morgan fingerprint density at radius 3 is 2.25 bits per heavy atom. The highest BCUT2D eigenvalue weighted by Crippen LogP contribution is 2.23. The first kappa shape index (κ1) is 9.46. The Bertz CT molecular complexity index is 276. The molecule has 0 aromatic heterocycles. The van der Waals surface area contributed by atoms with Gasteiger partial charge in [-0.25, -0.2) is 0 Å². The highest BCUT2D eigenvalue weighted by atomic mass is 79.9. The van der Waals surface area contributed by atoms with Crippen LogP contribution < -0.4 is 0 Å². The van der Waals surface area contributed by atoms with Gasteiger partial charge in [0.15, 0.2) is 0 Å². The van der Waals surface area contributed by atoms with Gasteiger partial charge in [0.2, 0.25) is 0 Å². The molecule has 0 spiro atoms. The van der Waals surface area contributed by atoms with E-state index in [0.717, 1.165) is 5.56 Å². The third-order valence-corrected chi connectivity index (χ3v) is 2.90. The fourth-order valence-electron chi connectivity index (χ4n) is 0.970. The normalized spacial score (nSPS) is 12.6. The van der Waals surface area contributed by atoms with Crippen molar-refractivity contribution in [2.45, 2.75) is 18.7 Å². The van der Waals surface area contributed by atoms with Gasteiger partial charge in [-0.15, -0.1) is 0 Å². The van der Waals surface area contributed by atoms with E-state index in [1.165, 1.54) is 5.56 Å². The monoisotopic (exact) mass is 226 g/mol. The van der Waals surface area contributed by atoms with Crippen LogP contribution in [0.25, 0.3) is 0 Å². The van der Waals surface area contributed by atoms with Crippen molar-refractivity contribution in [3.63, 3.8) is 0 Å². The number of halogens is 1. The molecule has 0 aliphatic rings. The molecule has 1 atom stereocenters. The van der Waals surface area contributed by atoms with E-state index in [4.69, 9.17) is 0 Å². The Morgan fingerprint density at radius 1 is 1.33 bits per heavy atom. The van der Waals surface area contributed by atoms with Crippen molar-refractivity contribution >= 4 is 21.7 Å². The molecule has 64 valence electrons. The molecule has 0 saturated heterocycles. The summed E-state index contributed by atoms with van der Waals surface area (Å²) in [5.41, 5.74) is 2.23. The average molecular weight is 227 g/mol. The van der Waals surface area contributed by atoms with Gasteiger partial charge < -0.3 is 0 Å². The fraction of sp³-hybridized carbons (Fsp3) is 0.300. The number of Topliss-reactive ketones (excluding diaryl/α,β-unsaturated/α-hetero) is 1. The number of hydrogen-bond acceptors (Lipinski definition) is 1. The topological polar surface area (TPSA) is 17.1 Å². The molecule has 1 unspecified atom stereocenters. The molecule has 0 N–H and O–H groups in total. The minimum Gasteiger partial charge on any atom is -0.298 e. The molecule has 0 aliphatic carbocycles. The molecule has 0 bridgehead atoms. The van der Waals surface area contributed by atoms with Crippen molar-refractivity contribution in [3.05, 3.63) is 35.4 Å². The third-order valence-electron chi connectivity index (χ3n) is 1.73. The van der Waals surface area contributed by atoms with Crippen LogP contribution in [0.15, 0.2) is 24.3 Å². The van der Waals surface area contributed by atoms with E-state index >= 15 is 0 Å². The largest absolute Gasteiger partial charge is 0.298 e. The number of carbonyl (C=O) groups is 1. The maximum Gasteiger partial charge on any atom is 0.147 e. The smallest absolute Gasteiger partial charge is 0.147 e. The summed E-state index contributed by atoms with van der Waals surface area (Å²) in [6.07, 6.45) is 0. The van der Waals surface area contributed by atoms with E-state index in [2.05, 4.69) is 15.9 Å². The SMILES string of the molecule is CC(=O)C(Br)c1ccc(C)cc1. The van der Waals surface area contributed by atoms with Crippen molar-refractivity contribution in [1.29, 1.82) is 0 Å². The molecule has 0 aliphatic heterocycles. The first-order valence-electron chi connectivity index (χ1n) is 3.82. The number of benzene rings is 1. The van der Waals surface area contributed by atoms with Crippen LogP contribution in [0.1, 0.15) is 22.9 Å². The van der Waals surface area contributed by atoms with Gasteiger partial charge in [0.05, 0.1) is 4.83 Å². The van der Waals surface area contributed by atoms with Crippen molar-refractivity contribution in [3.8, 4) is 0 Å². The molecule has 1 rings (SSSR count). The van der Waals surface area contributed by atoms with Crippen LogP contribution in [0.4, 0.5) is 0 Å². The Morgan fingerprint density at radius 2 is 1.83 bits per heavy atom. The van der Waals surface area contributed by atoms with Crippen LogP contribution >= 0.6 is 15.9 Å². The molecule has 1 aromatic rings. The van der Waals surface area contributed by atoms with Gasteiger partial charge in [-0.1, -0.05) is 45.8 Å². The Balaban J connectivity index is 2.89. The fourth-order valence-corrected chi connectivity index (χ4v) is 1.28. The summed E-state index contributed by atoms with van der Waals surface area (Å²) in [7, 11) is 0. The van der Waals surface area contributed by atoms with Crippen LogP contribution in [-0.2, 0) is 4.79 Å². The average Bonchev–Trinajstić information content (AvgIpc) is 2.04. The predicted molar refractivity (Wildman–Crippen MR) is 53.5 cm³/mol. The quantitative estimate of drug-likeness (QED) is 0.709. The van der Waals surface area contributed by atoms with E-state index in [9.17, 15) is 4.79 Å². The molecule has 1 nitrogen and oxygen atoms in total. The molecule has 0 saturated carbocycles. The summed E-state index contributed by atoms with van der Waals surface area (Å²) < 4.78 is 0. The molecule has 0 amide bonds. The molecule has 0 heterocycles. The maximum atomic E-state index is 11.0. The number of hydrogen-bond donors (Lipinski definition) is 0. The lowest BCUT2D eigenvalue weighted by atomic mass is 10.1. The lowest BCUT2D eigenvalue weighted by molar-refractivity contribution is -0.116. The zero-order valence-corrected chi connectivity index (χ0v) is 8.76. The Kier molecular flexibility index (Phi) is 3.04. The molecule has 0 fully saturated rings. The predicted octanol–water partition coefficient (Wildman–Crippen LogP) is 3.02. The standard InChI is InChI=1S/C10H11BrO/c1-7-3-5-9(6-4-7)10(11)8(2)12/h3-6,10H,1-2H3. The van der Waals surface area contributed by atoms with Gasteiger partial charge in [0, 0.05) is 0 Å². The molecule has 12 heavy (non-hydrogen) atoms. The van der Waals surface area contributed by atoms with Crippen molar-refractivity contribution < 1.29 is 4.79 Å². The first-order chi connectivity index (χ1) is 5.61. The van der Waals surface area contributed by atoms with E-state index < -0.39 is 0 Å². The number of alkyl halides is 1. The van der Waals surface area contributed by atoms with Crippen LogP contribution in [0.5, 0.6) is 0 Å². The van der Waals surface area contributed by atoms with Crippen LogP contribution in [0.2, 0.25) is 0 Å². The highest BCUT2D eigenvalue weighted by Gasteiger charge is 2.10. The van der Waals surface area contributed by atoms with Crippen molar-refractivity contribution in [1.82, 2.24) is 0 Å². The number of ketones is 1. The van der Waals surface area contributed by atoms with Crippen molar-refractivity contribution in [2.75, 3.05) is 0 Å². The first-order valence-corrected chi connectivity index (χ1v) is 4.74. The lowest BCUT2D eigenvalue weighted by Gasteiger charge is -2.05. The van der Waals surface area contributed by atoms with Crippen LogP contribution in [0, 0.1) is 6.92 Å². The van der Waals surface area contributed by atoms with E-state index in [1.807, 2.05) is 31.2 Å². The summed E-state index contributed by atoms with van der Waals surface area (Å²) in [4.78, 5) is 10.8. The number of aryl methyl sites for hydroxylation is 1. The minimum absolute atomic E-state index is 0.138. The molecule has 2 heteroatoms. The van der Waals surface area contributed by atoms with Crippen molar-refractivity contribution in [2.24, 2.45) is 0 Å².